The van der Waals surface area contributed by atoms with Crippen molar-refractivity contribution in [3.8, 4) is 0 Å². The van der Waals surface area contributed by atoms with Crippen LogP contribution < -0.4 is 5.73 Å². The fraction of sp³-hybridized carbons (Fsp3) is 0.500. The molecule has 0 spiro atoms. The van der Waals surface area contributed by atoms with Crippen molar-refractivity contribution in [1.82, 2.24) is 0 Å². The third-order valence-electron chi connectivity index (χ3n) is 2.43. The van der Waals surface area contributed by atoms with Crippen LogP contribution in [0, 0.1) is 5.82 Å². The lowest BCUT2D eigenvalue weighted by Gasteiger charge is -2.24. The Bertz CT molecular complexity index is 336. The van der Waals surface area contributed by atoms with Gasteiger partial charge < -0.3 is 5.73 Å². The van der Waals surface area contributed by atoms with Gasteiger partial charge in [-0.25, -0.2) is 4.39 Å². The molecule has 15 heavy (non-hydrogen) atoms. The van der Waals surface area contributed by atoms with Crippen molar-refractivity contribution >= 4 is 11.6 Å². The quantitative estimate of drug-likeness (QED) is 0.840. The largest absolute Gasteiger partial charge is 0.325 e. The molecule has 0 bridgehead atoms. The van der Waals surface area contributed by atoms with Crippen LogP contribution >= 0.6 is 11.6 Å². The van der Waals surface area contributed by atoms with Crippen molar-refractivity contribution in [2.75, 3.05) is 0 Å². The molecule has 2 N–H and O–H groups in total. The van der Waals surface area contributed by atoms with Crippen LogP contribution in [0.2, 0.25) is 5.02 Å². The SMILES string of the molecule is CCCC(C)(N)Cc1ccc(F)cc1Cl. The number of benzene rings is 1. The molecule has 0 aliphatic carbocycles. The molecular weight excluding hydrogens is 213 g/mol. The number of nitrogens with two attached hydrogens (primary N) is 1. The Balaban J connectivity index is 2.80. The molecule has 0 aromatic heterocycles. The van der Waals surface area contributed by atoms with Crippen molar-refractivity contribution in [3.05, 3.63) is 34.6 Å². The van der Waals surface area contributed by atoms with Gasteiger partial charge in [0, 0.05) is 10.6 Å². The zero-order chi connectivity index (χ0) is 11.5. The molecule has 3 heteroatoms. The first-order valence-electron chi connectivity index (χ1n) is 5.17. The number of halogens is 2. The fourth-order valence-electron chi connectivity index (χ4n) is 1.76. The lowest BCUT2D eigenvalue weighted by Crippen LogP contribution is -2.38. The van der Waals surface area contributed by atoms with Crippen LogP contribution in [0.5, 0.6) is 0 Å². The number of hydrogen-bond acceptors (Lipinski definition) is 1. The first-order chi connectivity index (χ1) is 6.94. The van der Waals surface area contributed by atoms with Crippen LogP contribution in [0.25, 0.3) is 0 Å². The fourth-order valence-corrected chi connectivity index (χ4v) is 1.99. The van der Waals surface area contributed by atoms with Crippen LogP contribution in [0.15, 0.2) is 18.2 Å². The zero-order valence-corrected chi connectivity index (χ0v) is 9.94. The maximum absolute atomic E-state index is 12.8. The topological polar surface area (TPSA) is 26.0 Å². The molecule has 0 aliphatic rings. The van der Waals surface area contributed by atoms with E-state index >= 15 is 0 Å². The Morgan fingerprint density at radius 2 is 2.13 bits per heavy atom. The highest BCUT2D eigenvalue weighted by atomic mass is 35.5. The summed E-state index contributed by atoms with van der Waals surface area (Å²) in [6.45, 7) is 4.09. The van der Waals surface area contributed by atoms with Gasteiger partial charge in [0.05, 0.1) is 0 Å². The second-order valence-electron chi connectivity index (χ2n) is 4.32. The van der Waals surface area contributed by atoms with E-state index in [1.165, 1.54) is 12.1 Å². The molecule has 0 fully saturated rings. The second-order valence-corrected chi connectivity index (χ2v) is 4.72. The van der Waals surface area contributed by atoms with Gasteiger partial charge >= 0.3 is 0 Å². The van der Waals surface area contributed by atoms with E-state index in [1.807, 2.05) is 6.92 Å². The summed E-state index contributed by atoms with van der Waals surface area (Å²) in [6, 6.07) is 4.46. The highest BCUT2D eigenvalue weighted by Crippen LogP contribution is 2.23. The van der Waals surface area contributed by atoms with Gasteiger partial charge in [0.15, 0.2) is 0 Å². The van der Waals surface area contributed by atoms with E-state index in [0.29, 0.717) is 11.4 Å². The van der Waals surface area contributed by atoms with Gasteiger partial charge in [0.25, 0.3) is 0 Å². The van der Waals surface area contributed by atoms with E-state index in [2.05, 4.69) is 6.92 Å². The predicted octanol–water partition coefficient (Wildman–Crippen LogP) is 3.54. The highest BCUT2D eigenvalue weighted by Gasteiger charge is 2.19. The van der Waals surface area contributed by atoms with Crippen molar-refractivity contribution < 1.29 is 4.39 Å². The van der Waals surface area contributed by atoms with Crippen LogP contribution in [-0.2, 0) is 6.42 Å². The monoisotopic (exact) mass is 229 g/mol. The van der Waals surface area contributed by atoms with Crippen molar-refractivity contribution in [2.45, 2.75) is 38.6 Å². The third kappa shape index (κ3) is 3.80. The van der Waals surface area contributed by atoms with Crippen molar-refractivity contribution in [1.29, 1.82) is 0 Å². The van der Waals surface area contributed by atoms with Crippen LogP contribution in [-0.4, -0.2) is 5.54 Å². The molecule has 1 atom stereocenters. The molecule has 84 valence electrons. The number of rotatable bonds is 4. The molecule has 1 nitrogen and oxygen atoms in total. The van der Waals surface area contributed by atoms with Crippen LogP contribution in [0.1, 0.15) is 32.3 Å². The summed E-state index contributed by atoms with van der Waals surface area (Å²) < 4.78 is 12.8. The highest BCUT2D eigenvalue weighted by molar-refractivity contribution is 6.31. The summed E-state index contributed by atoms with van der Waals surface area (Å²) in [4.78, 5) is 0. The van der Waals surface area contributed by atoms with E-state index in [4.69, 9.17) is 17.3 Å². The van der Waals surface area contributed by atoms with Crippen LogP contribution in [0.4, 0.5) is 4.39 Å². The maximum Gasteiger partial charge on any atom is 0.124 e. The summed E-state index contributed by atoms with van der Waals surface area (Å²) in [6.07, 6.45) is 2.65. The molecule has 1 aromatic carbocycles. The predicted molar refractivity (Wildman–Crippen MR) is 62.6 cm³/mol. The minimum absolute atomic E-state index is 0.268. The Morgan fingerprint density at radius 3 is 2.67 bits per heavy atom. The first-order valence-corrected chi connectivity index (χ1v) is 5.55. The van der Waals surface area contributed by atoms with Crippen molar-refractivity contribution in [3.63, 3.8) is 0 Å². The molecular formula is C12H17ClFN. The van der Waals surface area contributed by atoms with Gasteiger partial charge in [-0.05, 0) is 37.5 Å². The molecule has 0 saturated carbocycles. The summed E-state index contributed by atoms with van der Waals surface area (Å²) in [7, 11) is 0. The third-order valence-corrected chi connectivity index (χ3v) is 2.78. The Hall–Kier alpha value is -0.600. The normalized spacial score (nSPS) is 15.0. The van der Waals surface area contributed by atoms with E-state index in [9.17, 15) is 4.39 Å². The lowest BCUT2D eigenvalue weighted by atomic mass is 9.89. The molecule has 1 rings (SSSR count). The van der Waals surface area contributed by atoms with E-state index in [1.54, 1.807) is 6.07 Å². The standard InChI is InChI=1S/C12H17ClFN/c1-3-6-12(2,15)8-9-4-5-10(14)7-11(9)13/h4-5,7H,3,6,8,15H2,1-2H3. The van der Waals surface area contributed by atoms with E-state index in [-0.39, 0.29) is 11.4 Å². The molecule has 0 amide bonds. The van der Waals surface area contributed by atoms with Crippen molar-refractivity contribution in [2.24, 2.45) is 5.73 Å². The minimum Gasteiger partial charge on any atom is -0.325 e. The zero-order valence-electron chi connectivity index (χ0n) is 9.19. The lowest BCUT2D eigenvalue weighted by molar-refractivity contribution is 0.424. The van der Waals surface area contributed by atoms with Gasteiger partial charge in [0.1, 0.15) is 5.82 Å². The Labute approximate surface area is 95.4 Å². The average Bonchev–Trinajstić information content (AvgIpc) is 2.09. The first kappa shape index (κ1) is 12.5. The van der Waals surface area contributed by atoms with E-state index in [0.717, 1.165) is 18.4 Å². The Morgan fingerprint density at radius 1 is 1.47 bits per heavy atom. The van der Waals surface area contributed by atoms with Gasteiger partial charge in [-0.2, -0.15) is 0 Å². The van der Waals surface area contributed by atoms with Gasteiger partial charge in [0.2, 0.25) is 0 Å². The molecule has 0 heterocycles. The molecule has 0 radical (unpaired) electrons. The summed E-state index contributed by atoms with van der Waals surface area (Å²) in [5.41, 5.74) is 6.76. The Kier molecular flexibility index (Phi) is 4.12. The average molecular weight is 230 g/mol. The second kappa shape index (κ2) is 4.95. The maximum atomic E-state index is 12.8. The van der Waals surface area contributed by atoms with Crippen LogP contribution in [0.3, 0.4) is 0 Å². The summed E-state index contributed by atoms with van der Waals surface area (Å²) >= 11 is 5.94. The number of hydrogen-bond donors (Lipinski definition) is 1. The molecule has 0 saturated heterocycles. The van der Waals surface area contributed by atoms with Gasteiger partial charge in [-0.1, -0.05) is 31.0 Å². The van der Waals surface area contributed by atoms with E-state index < -0.39 is 0 Å². The molecule has 0 aliphatic heterocycles. The summed E-state index contributed by atoms with van der Waals surface area (Å²) in [5.74, 6) is -0.307. The summed E-state index contributed by atoms with van der Waals surface area (Å²) in [5, 5.41) is 0.461. The van der Waals surface area contributed by atoms with Gasteiger partial charge in [-0.3, -0.25) is 0 Å². The smallest absolute Gasteiger partial charge is 0.124 e. The molecule has 1 unspecified atom stereocenters. The van der Waals surface area contributed by atoms with Gasteiger partial charge in [-0.15, -0.1) is 0 Å². The molecule has 1 aromatic rings. The minimum atomic E-state index is -0.307.